The molecule has 0 aliphatic heterocycles. The van der Waals surface area contributed by atoms with Crippen molar-refractivity contribution in [1.29, 1.82) is 0 Å². The Hall–Kier alpha value is -3.67. The highest BCUT2D eigenvalue weighted by atomic mass is 16.6. The number of hydrogen-bond acceptors (Lipinski definition) is 6. The molecule has 0 aromatic carbocycles. The second-order valence-corrected chi connectivity index (χ2v) is 18.1. The fourth-order valence-electron chi connectivity index (χ4n) is 7.48. The SMILES string of the molecule is CC/C=C\C/C=C\C/C=C\C/C=C\CCCCCCCCC(=O)OCC(COC(=O)CCCCCCCCCCCCCCCCC)OC(=O)CCCC/C=C\C/C=C\C/C=C\C/C=C\CC. The Morgan fingerprint density at radius 3 is 0.940 bits per heavy atom. The lowest BCUT2D eigenvalue weighted by Crippen LogP contribution is -2.30. The van der Waals surface area contributed by atoms with Crippen molar-refractivity contribution in [3.8, 4) is 0 Å². The number of esters is 3. The zero-order chi connectivity index (χ0) is 48.6. The van der Waals surface area contributed by atoms with Crippen molar-refractivity contribution in [2.24, 2.45) is 0 Å². The smallest absolute Gasteiger partial charge is 0.306 e. The summed E-state index contributed by atoms with van der Waals surface area (Å²) in [7, 11) is 0. The lowest BCUT2D eigenvalue weighted by molar-refractivity contribution is -0.167. The van der Waals surface area contributed by atoms with Crippen molar-refractivity contribution in [3.05, 3.63) is 97.2 Å². The van der Waals surface area contributed by atoms with Crippen LogP contribution in [0.25, 0.3) is 0 Å². The molecular weight excluding hydrogens is 829 g/mol. The van der Waals surface area contributed by atoms with Gasteiger partial charge < -0.3 is 14.2 Å². The molecule has 1 atom stereocenters. The molecule has 6 nitrogen and oxygen atoms in total. The van der Waals surface area contributed by atoms with Gasteiger partial charge in [-0.25, -0.2) is 0 Å². The molecule has 67 heavy (non-hydrogen) atoms. The maximum atomic E-state index is 12.8. The van der Waals surface area contributed by atoms with Gasteiger partial charge in [-0.05, 0) is 96.3 Å². The number of carbonyl (C=O) groups excluding carboxylic acids is 3. The Morgan fingerprint density at radius 2 is 0.582 bits per heavy atom. The normalized spacial score (nSPS) is 12.8. The summed E-state index contributed by atoms with van der Waals surface area (Å²) in [5.41, 5.74) is 0. The summed E-state index contributed by atoms with van der Waals surface area (Å²) in [4.78, 5) is 38.1. The first-order valence-corrected chi connectivity index (χ1v) is 27.7. The van der Waals surface area contributed by atoms with E-state index in [1.165, 1.54) is 89.9 Å². The predicted octanol–water partition coefficient (Wildman–Crippen LogP) is 18.5. The molecule has 0 amide bonds. The molecule has 0 aliphatic carbocycles. The van der Waals surface area contributed by atoms with Crippen LogP contribution in [0.1, 0.15) is 252 Å². The van der Waals surface area contributed by atoms with E-state index in [4.69, 9.17) is 14.2 Å². The van der Waals surface area contributed by atoms with Gasteiger partial charge in [0.1, 0.15) is 13.2 Å². The zero-order valence-corrected chi connectivity index (χ0v) is 43.6. The molecule has 0 radical (unpaired) electrons. The quantitative estimate of drug-likeness (QED) is 0.0262. The van der Waals surface area contributed by atoms with Gasteiger partial charge in [0.05, 0.1) is 0 Å². The minimum atomic E-state index is -0.805. The van der Waals surface area contributed by atoms with E-state index in [9.17, 15) is 14.4 Å². The lowest BCUT2D eigenvalue weighted by atomic mass is 10.0. The van der Waals surface area contributed by atoms with Gasteiger partial charge in [0.15, 0.2) is 6.10 Å². The summed E-state index contributed by atoms with van der Waals surface area (Å²) < 4.78 is 16.8. The van der Waals surface area contributed by atoms with Crippen LogP contribution >= 0.6 is 0 Å². The Morgan fingerprint density at radius 1 is 0.313 bits per heavy atom. The zero-order valence-electron chi connectivity index (χ0n) is 43.6. The molecule has 0 saturated carbocycles. The number of allylic oxidation sites excluding steroid dienone is 16. The Labute approximate surface area is 413 Å². The maximum absolute atomic E-state index is 12.8. The third kappa shape index (κ3) is 53.2. The first-order chi connectivity index (χ1) is 33.0. The van der Waals surface area contributed by atoms with E-state index in [2.05, 4.69) is 118 Å². The molecule has 0 bridgehead atoms. The minimum Gasteiger partial charge on any atom is -0.462 e. The largest absolute Gasteiger partial charge is 0.462 e. The highest BCUT2D eigenvalue weighted by molar-refractivity contribution is 5.71. The summed E-state index contributed by atoms with van der Waals surface area (Å²) in [6, 6.07) is 0. The second kappa shape index (κ2) is 54.9. The molecule has 0 N–H and O–H groups in total. The number of carbonyl (C=O) groups is 3. The molecule has 382 valence electrons. The number of rotatable bonds is 49. The molecule has 0 aromatic rings. The summed E-state index contributed by atoms with van der Waals surface area (Å²) >= 11 is 0. The van der Waals surface area contributed by atoms with Crippen molar-refractivity contribution in [2.75, 3.05) is 13.2 Å². The number of hydrogen-bond donors (Lipinski definition) is 0. The van der Waals surface area contributed by atoms with E-state index in [0.29, 0.717) is 19.3 Å². The topological polar surface area (TPSA) is 78.9 Å². The fourth-order valence-corrected chi connectivity index (χ4v) is 7.48. The fraction of sp³-hybridized carbons (Fsp3) is 0.689. The van der Waals surface area contributed by atoms with Crippen molar-refractivity contribution >= 4 is 17.9 Å². The molecular formula is C61H102O6. The van der Waals surface area contributed by atoms with Crippen LogP contribution in [0.4, 0.5) is 0 Å². The average Bonchev–Trinajstić information content (AvgIpc) is 3.33. The molecule has 0 heterocycles. The molecule has 0 fully saturated rings. The van der Waals surface area contributed by atoms with E-state index in [-0.39, 0.29) is 37.5 Å². The maximum Gasteiger partial charge on any atom is 0.306 e. The first kappa shape index (κ1) is 63.3. The van der Waals surface area contributed by atoms with Gasteiger partial charge in [-0.1, -0.05) is 234 Å². The van der Waals surface area contributed by atoms with Crippen molar-refractivity contribution in [3.63, 3.8) is 0 Å². The first-order valence-electron chi connectivity index (χ1n) is 27.7. The molecule has 0 rings (SSSR count). The lowest BCUT2D eigenvalue weighted by Gasteiger charge is -2.18. The van der Waals surface area contributed by atoms with Gasteiger partial charge in [-0.2, -0.15) is 0 Å². The van der Waals surface area contributed by atoms with Crippen molar-refractivity contribution < 1.29 is 28.6 Å². The van der Waals surface area contributed by atoms with E-state index in [1.54, 1.807) is 0 Å². The van der Waals surface area contributed by atoms with E-state index in [0.717, 1.165) is 116 Å². The summed E-state index contributed by atoms with van der Waals surface area (Å²) in [5, 5.41) is 0. The van der Waals surface area contributed by atoms with E-state index < -0.39 is 6.10 Å². The highest BCUT2D eigenvalue weighted by Crippen LogP contribution is 2.15. The predicted molar refractivity (Wildman–Crippen MR) is 288 cm³/mol. The third-order valence-corrected chi connectivity index (χ3v) is 11.6. The summed E-state index contributed by atoms with van der Waals surface area (Å²) in [6.07, 6.45) is 72.5. The molecule has 0 spiro atoms. The minimum absolute atomic E-state index is 0.0978. The van der Waals surface area contributed by atoms with Crippen LogP contribution in [0.3, 0.4) is 0 Å². The second-order valence-electron chi connectivity index (χ2n) is 18.1. The average molecular weight is 931 g/mol. The van der Waals surface area contributed by atoms with Crippen LogP contribution in [0, 0.1) is 0 Å². The highest BCUT2D eigenvalue weighted by Gasteiger charge is 2.19. The van der Waals surface area contributed by atoms with Gasteiger partial charge in [-0.3, -0.25) is 14.4 Å². The van der Waals surface area contributed by atoms with Gasteiger partial charge in [0.25, 0.3) is 0 Å². The molecule has 1 unspecified atom stereocenters. The molecule has 0 aromatic heterocycles. The van der Waals surface area contributed by atoms with Crippen LogP contribution in [-0.2, 0) is 28.6 Å². The van der Waals surface area contributed by atoms with Crippen LogP contribution in [0.15, 0.2) is 97.2 Å². The molecule has 0 aliphatic rings. The van der Waals surface area contributed by atoms with Gasteiger partial charge >= 0.3 is 17.9 Å². The Kier molecular flexibility index (Phi) is 51.9. The number of ether oxygens (including phenoxy) is 3. The Bertz CT molecular complexity index is 1350. The standard InChI is InChI=1S/C61H102O6/c1-4-7-10-13-16-19-22-25-28-29-30-31-34-36-39-42-45-48-51-54-60(63)66-57-58(67-61(64)55-52-49-46-43-40-37-33-27-24-21-18-15-12-9-6-3)56-65-59(62)53-50-47-44-41-38-35-32-26-23-20-17-14-11-8-5-2/h7,9-10,12,16,18-19,21,25,27-28,30-31,33,40,43,58H,4-6,8,11,13-15,17,20,22-24,26,29,32,34-39,41-42,44-57H2,1-3H3/b10-7-,12-9-,19-16-,21-18-,28-25-,31-30-,33-27-,43-40-. The summed E-state index contributed by atoms with van der Waals surface area (Å²) in [5.74, 6) is -0.951. The number of unbranched alkanes of at least 4 members (excludes halogenated alkanes) is 22. The monoisotopic (exact) mass is 931 g/mol. The van der Waals surface area contributed by atoms with E-state index >= 15 is 0 Å². The van der Waals surface area contributed by atoms with Crippen molar-refractivity contribution in [1.82, 2.24) is 0 Å². The summed E-state index contributed by atoms with van der Waals surface area (Å²) in [6.45, 7) is 6.37. The van der Waals surface area contributed by atoms with E-state index in [1.807, 2.05) is 0 Å². The molecule has 6 heteroatoms. The van der Waals surface area contributed by atoms with Crippen molar-refractivity contribution in [2.45, 2.75) is 258 Å². The van der Waals surface area contributed by atoms with Gasteiger partial charge in [-0.15, -0.1) is 0 Å². The molecule has 0 saturated heterocycles. The Balaban J connectivity index is 4.46. The van der Waals surface area contributed by atoms with Crippen LogP contribution in [-0.4, -0.2) is 37.2 Å². The van der Waals surface area contributed by atoms with Gasteiger partial charge in [0.2, 0.25) is 0 Å². The third-order valence-electron chi connectivity index (χ3n) is 11.6. The van der Waals surface area contributed by atoms with Crippen LogP contribution < -0.4 is 0 Å². The van der Waals surface area contributed by atoms with Gasteiger partial charge in [0, 0.05) is 19.3 Å². The van der Waals surface area contributed by atoms with Crippen LogP contribution in [0.2, 0.25) is 0 Å². The van der Waals surface area contributed by atoms with Crippen LogP contribution in [0.5, 0.6) is 0 Å².